The second-order valence-corrected chi connectivity index (χ2v) is 6.46. The molecule has 2 aromatic carbocycles. The number of carbonyl (C=O) groups excluding carboxylic acids is 2. The fourth-order valence-corrected chi connectivity index (χ4v) is 2.71. The summed E-state index contributed by atoms with van der Waals surface area (Å²) in [6, 6.07) is 16.0. The number of benzene rings is 2. The lowest BCUT2D eigenvalue weighted by Gasteiger charge is -2.15. The number of hydrogen-bond donors (Lipinski definition) is 2. The summed E-state index contributed by atoms with van der Waals surface area (Å²) in [4.78, 5) is 24.7. The van der Waals surface area contributed by atoms with E-state index in [0.717, 1.165) is 11.1 Å². The molecule has 0 unspecified atom stereocenters. The maximum Gasteiger partial charge on any atom is 0.251 e. The smallest absolute Gasteiger partial charge is 0.251 e. The van der Waals surface area contributed by atoms with Gasteiger partial charge < -0.3 is 10.6 Å². The molecule has 6 heteroatoms. The van der Waals surface area contributed by atoms with Crippen molar-refractivity contribution in [2.45, 2.75) is 26.4 Å². The van der Waals surface area contributed by atoms with Crippen molar-refractivity contribution in [3.63, 3.8) is 0 Å². The fraction of sp³-hybridized carbons (Fsp3) is 0.190. The molecule has 3 rings (SSSR count). The van der Waals surface area contributed by atoms with Gasteiger partial charge in [0, 0.05) is 23.6 Å². The predicted molar refractivity (Wildman–Crippen MR) is 105 cm³/mol. The van der Waals surface area contributed by atoms with Gasteiger partial charge in [0.15, 0.2) is 0 Å². The normalized spacial score (nSPS) is 11.6. The van der Waals surface area contributed by atoms with Gasteiger partial charge in [0.25, 0.3) is 5.91 Å². The summed E-state index contributed by atoms with van der Waals surface area (Å²) in [5.74, 6) is -0.541. The van der Waals surface area contributed by atoms with E-state index in [1.807, 2.05) is 60.3 Å². The summed E-state index contributed by atoms with van der Waals surface area (Å²) in [7, 11) is 0. The van der Waals surface area contributed by atoms with Gasteiger partial charge in [0.1, 0.15) is 6.04 Å². The van der Waals surface area contributed by atoms with Gasteiger partial charge in [-0.3, -0.25) is 14.3 Å². The van der Waals surface area contributed by atoms with Crippen molar-refractivity contribution < 1.29 is 9.59 Å². The van der Waals surface area contributed by atoms with Crippen molar-refractivity contribution in [1.82, 2.24) is 15.1 Å². The van der Waals surface area contributed by atoms with Crippen molar-refractivity contribution in [2.24, 2.45) is 0 Å². The van der Waals surface area contributed by atoms with Crippen molar-refractivity contribution in [1.29, 1.82) is 0 Å². The Morgan fingerprint density at radius 3 is 2.67 bits per heavy atom. The van der Waals surface area contributed by atoms with Gasteiger partial charge in [-0.15, -0.1) is 0 Å². The molecule has 0 aliphatic rings. The highest BCUT2D eigenvalue weighted by Crippen LogP contribution is 2.12. The maximum absolute atomic E-state index is 12.4. The summed E-state index contributed by atoms with van der Waals surface area (Å²) < 4.78 is 1.81. The van der Waals surface area contributed by atoms with E-state index >= 15 is 0 Å². The molecule has 6 nitrogen and oxygen atoms in total. The van der Waals surface area contributed by atoms with Crippen LogP contribution in [0.25, 0.3) is 0 Å². The quantitative estimate of drug-likeness (QED) is 0.708. The SMILES string of the molecule is Cc1cccc(C(=O)N[C@H](C)C(=O)Nc2cccc(Cn3cccn3)c2)c1. The molecule has 1 heterocycles. The second kappa shape index (κ2) is 8.31. The molecule has 0 spiro atoms. The molecule has 27 heavy (non-hydrogen) atoms. The molecule has 3 aromatic rings. The van der Waals surface area contributed by atoms with Gasteiger partial charge in [-0.25, -0.2) is 0 Å². The summed E-state index contributed by atoms with van der Waals surface area (Å²) in [5.41, 5.74) is 3.24. The Hall–Kier alpha value is -3.41. The van der Waals surface area contributed by atoms with Gasteiger partial charge in [-0.1, -0.05) is 29.8 Å². The molecule has 2 amide bonds. The van der Waals surface area contributed by atoms with E-state index in [2.05, 4.69) is 15.7 Å². The minimum absolute atomic E-state index is 0.270. The van der Waals surface area contributed by atoms with E-state index < -0.39 is 6.04 Å². The molecule has 0 aliphatic carbocycles. The molecule has 0 saturated heterocycles. The zero-order valence-corrected chi connectivity index (χ0v) is 15.3. The van der Waals surface area contributed by atoms with Crippen LogP contribution in [0.5, 0.6) is 0 Å². The average Bonchev–Trinajstić information content (AvgIpc) is 3.15. The number of nitrogens with one attached hydrogen (secondary N) is 2. The Labute approximate surface area is 158 Å². The minimum Gasteiger partial charge on any atom is -0.341 e. The number of carbonyl (C=O) groups is 2. The largest absolute Gasteiger partial charge is 0.341 e. The molecule has 2 N–H and O–H groups in total. The summed E-state index contributed by atoms with van der Waals surface area (Å²) in [6.07, 6.45) is 3.61. The molecule has 1 aromatic heterocycles. The van der Waals surface area contributed by atoms with E-state index in [-0.39, 0.29) is 11.8 Å². The van der Waals surface area contributed by atoms with Gasteiger partial charge in [0.05, 0.1) is 6.54 Å². The maximum atomic E-state index is 12.4. The molecular weight excluding hydrogens is 340 g/mol. The number of hydrogen-bond acceptors (Lipinski definition) is 3. The Balaban J connectivity index is 1.60. The molecule has 138 valence electrons. The number of aromatic nitrogens is 2. The number of anilines is 1. The average molecular weight is 362 g/mol. The lowest BCUT2D eigenvalue weighted by Crippen LogP contribution is -2.41. The van der Waals surface area contributed by atoms with Crippen LogP contribution in [0, 0.1) is 6.92 Å². The van der Waals surface area contributed by atoms with Gasteiger partial charge in [0.2, 0.25) is 5.91 Å². The molecule has 0 saturated carbocycles. The predicted octanol–water partition coefficient (Wildman–Crippen LogP) is 3.00. The summed E-state index contributed by atoms with van der Waals surface area (Å²) in [5, 5.41) is 9.76. The third kappa shape index (κ3) is 5.04. The van der Waals surface area contributed by atoms with Gasteiger partial charge >= 0.3 is 0 Å². The Morgan fingerprint density at radius 1 is 1.11 bits per heavy atom. The number of rotatable bonds is 6. The molecule has 0 fully saturated rings. The lowest BCUT2D eigenvalue weighted by atomic mass is 10.1. The zero-order valence-electron chi connectivity index (χ0n) is 15.3. The monoisotopic (exact) mass is 362 g/mol. The van der Waals surface area contributed by atoms with Crippen LogP contribution in [0.2, 0.25) is 0 Å². The van der Waals surface area contributed by atoms with Crippen LogP contribution in [-0.2, 0) is 11.3 Å². The number of aryl methyl sites for hydroxylation is 1. The summed E-state index contributed by atoms with van der Waals surface area (Å²) >= 11 is 0. The molecule has 0 aliphatic heterocycles. The third-order valence-electron chi connectivity index (χ3n) is 4.12. The molecule has 0 radical (unpaired) electrons. The van der Waals surface area contributed by atoms with Crippen LogP contribution in [0.3, 0.4) is 0 Å². The van der Waals surface area contributed by atoms with Crippen molar-refractivity contribution in [3.8, 4) is 0 Å². The third-order valence-corrected chi connectivity index (χ3v) is 4.12. The van der Waals surface area contributed by atoms with Crippen LogP contribution in [0.4, 0.5) is 5.69 Å². The zero-order chi connectivity index (χ0) is 19.2. The summed E-state index contributed by atoms with van der Waals surface area (Å²) in [6.45, 7) is 4.20. The first-order chi connectivity index (χ1) is 13.0. The van der Waals surface area contributed by atoms with Gasteiger partial charge in [-0.05, 0) is 49.7 Å². The standard InChI is InChI=1S/C21H22N4O2/c1-15-6-3-8-18(12-15)21(27)23-16(2)20(26)24-19-9-4-7-17(13-19)14-25-11-5-10-22-25/h3-13,16H,14H2,1-2H3,(H,23,27)(H,24,26)/t16-/m1/s1. The molecular formula is C21H22N4O2. The lowest BCUT2D eigenvalue weighted by molar-refractivity contribution is -0.117. The first kappa shape index (κ1) is 18.4. The van der Waals surface area contributed by atoms with Crippen LogP contribution < -0.4 is 10.6 Å². The Kier molecular flexibility index (Phi) is 5.66. The second-order valence-electron chi connectivity index (χ2n) is 6.46. The minimum atomic E-state index is -0.659. The Morgan fingerprint density at radius 2 is 1.93 bits per heavy atom. The van der Waals surface area contributed by atoms with Gasteiger partial charge in [-0.2, -0.15) is 5.10 Å². The van der Waals surface area contributed by atoms with E-state index in [0.29, 0.717) is 17.8 Å². The van der Waals surface area contributed by atoms with Crippen molar-refractivity contribution in [3.05, 3.63) is 83.7 Å². The molecule has 1 atom stereocenters. The fourth-order valence-electron chi connectivity index (χ4n) is 2.71. The van der Waals surface area contributed by atoms with Crippen LogP contribution in [0.15, 0.2) is 67.0 Å². The highest BCUT2D eigenvalue weighted by Gasteiger charge is 2.17. The Bertz CT molecular complexity index is 935. The number of nitrogens with zero attached hydrogens (tertiary/aromatic N) is 2. The highest BCUT2D eigenvalue weighted by atomic mass is 16.2. The molecule has 0 bridgehead atoms. The van der Waals surface area contributed by atoms with Crippen molar-refractivity contribution in [2.75, 3.05) is 5.32 Å². The van der Waals surface area contributed by atoms with Crippen LogP contribution in [0.1, 0.15) is 28.4 Å². The van der Waals surface area contributed by atoms with E-state index in [9.17, 15) is 9.59 Å². The number of amides is 2. The first-order valence-corrected chi connectivity index (χ1v) is 8.76. The van der Waals surface area contributed by atoms with E-state index in [4.69, 9.17) is 0 Å². The van der Waals surface area contributed by atoms with Crippen molar-refractivity contribution >= 4 is 17.5 Å². The van der Waals surface area contributed by atoms with Crippen LogP contribution >= 0.6 is 0 Å². The van der Waals surface area contributed by atoms with E-state index in [1.165, 1.54) is 0 Å². The first-order valence-electron chi connectivity index (χ1n) is 8.76. The topological polar surface area (TPSA) is 76.0 Å². The van der Waals surface area contributed by atoms with E-state index in [1.54, 1.807) is 25.3 Å². The highest BCUT2D eigenvalue weighted by molar-refractivity contribution is 6.01. The van der Waals surface area contributed by atoms with Crippen LogP contribution in [-0.4, -0.2) is 27.6 Å².